The summed E-state index contributed by atoms with van der Waals surface area (Å²) in [5, 5.41) is 1.22. The van der Waals surface area contributed by atoms with Gasteiger partial charge in [0.1, 0.15) is 5.60 Å². The van der Waals surface area contributed by atoms with E-state index in [-0.39, 0.29) is 10.4 Å². The van der Waals surface area contributed by atoms with Crippen molar-refractivity contribution in [1.29, 1.82) is 0 Å². The minimum absolute atomic E-state index is 0.0837. The van der Waals surface area contributed by atoms with E-state index in [1.807, 2.05) is 20.8 Å². The van der Waals surface area contributed by atoms with Crippen molar-refractivity contribution < 1.29 is 9.53 Å². The molecule has 86 valence electrons. The van der Waals surface area contributed by atoms with Gasteiger partial charge in [0.25, 0.3) is 0 Å². The number of amides is 1. The largest absolute Gasteiger partial charge is 0.443 e. The Kier molecular flexibility index (Phi) is 2.06. The van der Waals surface area contributed by atoms with E-state index in [1.54, 1.807) is 0 Å². The monoisotopic (exact) mass is 232 g/mol. The maximum atomic E-state index is 11.7. The summed E-state index contributed by atoms with van der Waals surface area (Å²) >= 11 is 6.11. The van der Waals surface area contributed by atoms with E-state index in [9.17, 15) is 4.79 Å². The molecule has 2 N–H and O–H groups in total. The molecule has 3 aliphatic carbocycles. The second-order valence-corrected chi connectivity index (χ2v) is 6.56. The number of alkyl halides is 1. The van der Waals surface area contributed by atoms with Crippen LogP contribution in [-0.2, 0) is 4.74 Å². The number of nitrogens with two attached hydrogens (primary N) is 1. The summed E-state index contributed by atoms with van der Waals surface area (Å²) < 4.78 is 5.20. The van der Waals surface area contributed by atoms with Crippen molar-refractivity contribution in [3.63, 3.8) is 0 Å². The Bertz CT molecular complexity index is 291. The lowest BCUT2D eigenvalue weighted by molar-refractivity contribution is -0.122. The molecule has 0 spiro atoms. The molecule has 0 unspecified atom stereocenters. The fraction of sp³-hybridized carbons (Fsp3) is 0.900. The van der Waals surface area contributed by atoms with Crippen molar-refractivity contribution in [3.8, 4) is 0 Å². The summed E-state index contributed by atoms with van der Waals surface area (Å²) in [7, 11) is 0. The number of halogens is 1. The molecule has 3 saturated carbocycles. The SMILES string of the molecule is CC(C)(C)OC(=O)N(N)C12CC(Cl)(C1)C2. The topological polar surface area (TPSA) is 55.6 Å². The van der Waals surface area contributed by atoms with Gasteiger partial charge in [0, 0.05) is 0 Å². The number of carbonyl (C=O) groups excluding carboxylic acids is 1. The zero-order valence-corrected chi connectivity index (χ0v) is 10.1. The van der Waals surface area contributed by atoms with E-state index in [0.29, 0.717) is 0 Å². The lowest BCUT2D eigenvalue weighted by Gasteiger charge is -2.69. The fourth-order valence-corrected chi connectivity index (χ4v) is 3.12. The highest BCUT2D eigenvalue weighted by atomic mass is 35.5. The average molecular weight is 233 g/mol. The Balaban J connectivity index is 1.92. The zero-order chi connectivity index (χ0) is 11.5. The molecule has 0 aromatic rings. The van der Waals surface area contributed by atoms with Crippen molar-refractivity contribution in [3.05, 3.63) is 0 Å². The van der Waals surface area contributed by atoms with Gasteiger partial charge in [0.15, 0.2) is 0 Å². The molecule has 0 saturated heterocycles. The number of rotatable bonds is 1. The van der Waals surface area contributed by atoms with Crippen molar-refractivity contribution >= 4 is 17.7 Å². The number of hydrogen-bond donors (Lipinski definition) is 1. The molecule has 0 atom stereocenters. The third kappa shape index (κ3) is 1.70. The molecule has 2 bridgehead atoms. The van der Waals surface area contributed by atoms with E-state index in [1.165, 1.54) is 5.01 Å². The van der Waals surface area contributed by atoms with Crippen LogP contribution < -0.4 is 5.84 Å². The van der Waals surface area contributed by atoms with Crippen LogP contribution in [0.3, 0.4) is 0 Å². The van der Waals surface area contributed by atoms with E-state index in [2.05, 4.69) is 0 Å². The molecule has 3 aliphatic rings. The van der Waals surface area contributed by atoms with Gasteiger partial charge in [-0.3, -0.25) is 0 Å². The summed E-state index contributed by atoms with van der Waals surface area (Å²) in [5.74, 6) is 5.76. The number of hydrogen-bond acceptors (Lipinski definition) is 3. The van der Waals surface area contributed by atoms with Gasteiger partial charge in [0.05, 0.1) is 10.4 Å². The van der Waals surface area contributed by atoms with Gasteiger partial charge in [-0.05, 0) is 40.0 Å². The molecular formula is C10H17ClN2O2. The molecule has 3 fully saturated rings. The molecule has 0 aromatic carbocycles. The van der Waals surface area contributed by atoms with E-state index in [0.717, 1.165) is 19.3 Å². The minimum atomic E-state index is -0.503. The Morgan fingerprint density at radius 2 is 1.87 bits per heavy atom. The maximum absolute atomic E-state index is 11.7. The quantitative estimate of drug-likeness (QED) is 0.326. The number of hydrazine groups is 1. The summed E-state index contributed by atoms with van der Waals surface area (Å²) in [6, 6.07) is 0. The molecule has 3 rings (SSSR count). The second kappa shape index (κ2) is 2.80. The molecule has 0 heterocycles. The standard InChI is InChI=1S/C10H17ClN2O2/c1-8(2,3)15-7(14)13(12)10-4-9(11,5-10)6-10/h4-6,12H2,1-3H3. The molecule has 15 heavy (non-hydrogen) atoms. The molecule has 0 aliphatic heterocycles. The third-order valence-electron chi connectivity index (χ3n) is 3.04. The van der Waals surface area contributed by atoms with Crippen LogP contribution in [0.15, 0.2) is 0 Å². The van der Waals surface area contributed by atoms with Crippen LogP contribution in [0.4, 0.5) is 4.79 Å². The number of nitrogens with zero attached hydrogens (tertiary/aromatic N) is 1. The van der Waals surface area contributed by atoms with Crippen LogP contribution in [0, 0.1) is 0 Å². The van der Waals surface area contributed by atoms with Gasteiger partial charge in [-0.25, -0.2) is 15.6 Å². The Morgan fingerprint density at radius 1 is 1.40 bits per heavy atom. The van der Waals surface area contributed by atoms with Crippen LogP contribution in [0.25, 0.3) is 0 Å². The number of carbonyl (C=O) groups is 1. The van der Waals surface area contributed by atoms with Crippen LogP contribution >= 0.6 is 11.6 Å². The molecule has 4 nitrogen and oxygen atoms in total. The van der Waals surface area contributed by atoms with Crippen LogP contribution in [-0.4, -0.2) is 27.1 Å². The summed E-state index contributed by atoms with van der Waals surface area (Å²) in [5.41, 5.74) is -0.721. The van der Waals surface area contributed by atoms with Crippen molar-refractivity contribution in [2.24, 2.45) is 5.84 Å². The Labute approximate surface area is 94.7 Å². The smallest absolute Gasteiger partial charge is 0.425 e. The van der Waals surface area contributed by atoms with E-state index >= 15 is 0 Å². The first-order chi connectivity index (χ1) is 6.66. The minimum Gasteiger partial charge on any atom is -0.443 e. The highest BCUT2D eigenvalue weighted by Gasteiger charge is 2.71. The first kappa shape index (κ1) is 11.0. The lowest BCUT2D eigenvalue weighted by atomic mass is 9.49. The van der Waals surface area contributed by atoms with Gasteiger partial charge < -0.3 is 4.74 Å². The van der Waals surface area contributed by atoms with Gasteiger partial charge in [0.2, 0.25) is 0 Å². The van der Waals surface area contributed by atoms with Crippen LogP contribution in [0.1, 0.15) is 40.0 Å². The molecule has 5 heteroatoms. The normalized spacial score (nSPS) is 37.7. The third-order valence-corrected chi connectivity index (χ3v) is 3.44. The van der Waals surface area contributed by atoms with Crippen molar-refractivity contribution in [1.82, 2.24) is 5.01 Å². The van der Waals surface area contributed by atoms with Gasteiger partial charge in [-0.1, -0.05) is 0 Å². The van der Waals surface area contributed by atoms with Crippen LogP contribution in [0.2, 0.25) is 0 Å². The van der Waals surface area contributed by atoms with E-state index in [4.69, 9.17) is 22.2 Å². The van der Waals surface area contributed by atoms with Gasteiger partial charge in [-0.2, -0.15) is 0 Å². The Hall–Kier alpha value is -0.480. The second-order valence-electron chi connectivity index (χ2n) is 5.76. The molecule has 1 amide bonds. The highest BCUT2D eigenvalue weighted by molar-refractivity contribution is 6.26. The van der Waals surface area contributed by atoms with E-state index < -0.39 is 11.7 Å². The molecule has 0 aromatic heterocycles. The Morgan fingerprint density at radius 3 is 2.20 bits per heavy atom. The van der Waals surface area contributed by atoms with Crippen molar-refractivity contribution in [2.45, 2.75) is 56.0 Å². The predicted molar refractivity (Wildman–Crippen MR) is 57.4 cm³/mol. The molecular weight excluding hydrogens is 216 g/mol. The lowest BCUT2D eigenvalue weighted by Crippen LogP contribution is -2.78. The molecule has 0 radical (unpaired) electrons. The summed E-state index contributed by atoms with van der Waals surface area (Å²) in [6.07, 6.45) is 1.91. The number of ether oxygens (including phenoxy) is 1. The van der Waals surface area contributed by atoms with Gasteiger partial charge >= 0.3 is 6.09 Å². The van der Waals surface area contributed by atoms with Crippen molar-refractivity contribution in [2.75, 3.05) is 0 Å². The van der Waals surface area contributed by atoms with Gasteiger partial charge in [-0.15, -0.1) is 11.6 Å². The average Bonchev–Trinajstić information content (AvgIpc) is 1.92. The van der Waals surface area contributed by atoms with Crippen LogP contribution in [0.5, 0.6) is 0 Å². The first-order valence-corrected chi connectivity index (χ1v) is 5.51. The summed E-state index contributed by atoms with van der Waals surface area (Å²) in [6.45, 7) is 5.47. The zero-order valence-electron chi connectivity index (χ0n) is 9.34. The maximum Gasteiger partial charge on any atom is 0.425 e. The first-order valence-electron chi connectivity index (χ1n) is 5.13. The summed E-state index contributed by atoms with van der Waals surface area (Å²) in [4.78, 5) is 11.6. The highest BCUT2D eigenvalue weighted by Crippen LogP contribution is 2.66. The fourth-order valence-electron chi connectivity index (χ4n) is 2.37. The predicted octanol–water partition coefficient (Wildman–Crippen LogP) is 2.01.